The van der Waals surface area contributed by atoms with Gasteiger partial charge in [0.05, 0.1) is 17.7 Å². The number of thiazole rings is 1. The smallest absolute Gasteiger partial charge is 0.345 e. The van der Waals surface area contributed by atoms with Crippen LogP contribution in [0, 0.1) is 10.1 Å². The van der Waals surface area contributed by atoms with Crippen LogP contribution in [0.3, 0.4) is 0 Å². The number of nitrogens with two attached hydrogens (primary N) is 2. The Kier molecular flexibility index (Phi) is 4.89. The second kappa shape index (κ2) is 6.40. The van der Waals surface area contributed by atoms with Crippen LogP contribution in [0.5, 0.6) is 11.5 Å². The molecule has 0 unspecified atom stereocenters. The van der Waals surface area contributed by atoms with Crippen molar-refractivity contribution in [1.29, 1.82) is 0 Å². The summed E-state index contributed by atoms with van der Waals surface area (Å²) in [5, 5.41) is 19.2. The zero-order valence-corrected chi connectivity index (χ0v) is 10.8. The van der Waals surface area contributed by atoms with Crippen molar-refractivity contribution in [3.05, 3.63) is 34.5 Å². The molecule has 8 nitrogen and oxygen atoms in total. The summed E-state index contributed by atoms with van der Waals surface area (Å²) >= 11 is 0.863. The minimum atomic E-state index is -0.520. The number of methoxy groups -OCH3 is 1. The van der Waals surface area contributed by atoms with Crippen molar-refractivity contribution in [1.82, 2.24) is 4.98 Å². The van der Waals surface area contributed by atoms with Crippen molar-refractivity contribution in [3.63, 3.8) is 0 Å². The van der Waals surface area contributed by atoms with Gasteiger partial charge in [-0.2, -0.15) is 0 Å². The van der Waals surface area contributed by atoms with Gasteiger partial charge in [-0.1, -0.05) is 0 Å². The maximum absolute atomic E-state index is 9.93. The molecular formula is C10H12N4O4S. The highest BCUT2D eigenvalue weighted by atomic mass is 32.1. The van der Waals surface area contributed by atoms with Crippen LogP contribution in [0.25, 0.3) is 0 Å². The van der Waals surface area contributed by atoms with E-state index in [-0.39, 0.29) is 15.9 Å². The van der Waals surface area contributed by atoms with Crippen molar-refractivity contribution < 1.29 is 14.8 Å². The van der Waals surface area contributed by atoms with Crippen molar-refractivity contribution >= 4 is 27.2 Å². The molecular weight excluding hydrogens is 272 g/mol. The van der Waals surface area contributed by atoms with Gasteiger partial charge in [-0.15, -0.1) is 0 Å². The molecule has 0 saturated carbocycles. The lowest BCUT2D eigenvalue weighted by molar-refractivity contribution is -0.380. The number of nitrogen functional groups attached to an aromatic ring is 2. The highest BCUT2D eigenvalue weighted by Gasteiger charge is 2.07. The molecule has 0 fully saturated rings. The molecule has 0 saturated heterocycles. The van der Waals surface area contributed by atoms with E-state index in [9.17, 15) is 10.1 Å². The molecule has 0 bridgehead atoms. The Morgan fingerprint density at radius 1 is 1.47 bits per heavy atom. The van der Waals surface area contributed by atoms with Gasteiger partial charge in [0.1, 0.15) is 17.7 Å². The van der Waals surface area contributed by atoms with Crippen LogP contribution in [0.2, 0.25) is 0 Å². The summed E-state index contributed by atoms with van der Waals surface area (Å²) in [6.07, 6.45) is 1.14. The number of hydrogen-bond donors (Lipinski definition) is 3. The van der Waals surface area contributed by atoms with Gasteiger partial charge in [0, 0.05) is 6.07 Å². The molecule has 0 aliphatic rings. The Labute approximate surface area is 112 Å². The fourth-order valence-electron chi connectivity index (χ4n) is 1.01. The Balaban J connectivity index is 0.000000191. The number of benzene rings is 1. The molecule has 0 atom stereocenters. The molecule has 0 aliphatic heterocycles. The van der Waals surface area contributed by atoms with Gasteiger partial charge in [-0.3, -0.25) is 10.1 Å². The Bertz CT molecular complexity index is 572. The van der Waals surface area contributed by atoms with E-state index in [0.29, 0.717) is 11.4 Å². The van der Waals surface area contributed by atoms with Crippen LogP contribution in [-0.4, -0.2) is 22.1 Å². The monoisotopic (exact) mass is 284 g/mol. The van der Waals surface area contributed by atoms with Gasteiger partial charge >= 0.3 is 5.00 Å². The highest BCUT2D eigenvalue weighted by molar-refractivity contribution is 7.18. The van der Waals surface area contributed by atoms with Crippen molar-refractivity contribution in [2.45, 2.75) is 0 Å². The number of rotatable bonds is 2. The highest BCUT2D eigenvalue weighted by Crippen LogP contribution is 2.24. The third-order valence-electron chi connectivity index (χ3n) is 1.93. The Morgan fingerprint density at radius 3 is 2.53 bits per heavy atom. The predicted molar refractivity (Wildman–Crippen MR) is 72.3 cm³/mol. The third-order valence-corrected chi connectivity index (χ3v) is 2.71. The van der Waals surface area contributed by atoms with E-state index in [4.69, 9.17) is 21.3 Å². The predicted octanol–water partition coefficient (Wildman–Crippen LogP) is 1.62. The van der Waals surface area contributed by atoms with E-state index in [1.165, 1.54) is 13.2 Å². The Morgan fingerprint density at radius 2 is 2.16 bits per heavy atom. The van der Waals surface area contributed by atoms with Gasteiger partial charge in [0.15, 0.2) is 5.13 Å². The standard InChI is InChI=1S/C7H9NO2.C3H3N3O2S/c1-10-5-2-3-6(8)7(9)4-5;4-3-5-1-2(9-3)6(7)8/h2-4,9H,8H2,1H3;1H,(H2,4,5). The molecule has 0 amide bonds. The lowest BCUT2D eigenvalue weighted by Crippen LogP contribution is -1.86. The lowest BCUT2D eigenvalue weighted by Gasteiger charge is -2.01. The van der Waals surface area contributed by atoms with Crippen LogP contribution < -0.4 is 16.2 Å². The molecule has 2 aromatic rings. The molecule has 2 rings (SSSR count). The minimum Gasteiger partial charge on any atom is -0.506 e. The minimum absolute atomic E-state index is 0.0208. The van der Waals surface area contributed by atoms with Crippen molar-refractivity contribution in [2.75, 3.05) is 18.6 Å². The second-order valence-corrected chi connectivity index (χ2v) is 4.26. The molecule has 1 heterocycles. The molecule has 9 heteroatoms. The number of nitrogens with zero attached hydrogens (tertiary/aromatic N) is 2. The van der Waals surface area contributed by atoms with Crippen molar-refractivity contribution in [2.24, 2.45) is 0 Å². The summed E-state index contributed by atoms with van der Waals surface area (Å²) in [7, 11) is 1.53. The first kappa shape index (κ1) is 14.5. The number of phenols is 1. The van der Waals surface area contributed by atoms with Gasteiger partial charge in [-0.05, 0) is 23.5 Å². The van der Waals surface area contributed by atoms with Crippen LogP contribution >= 0.6 is 11.3 Å². The normalized spacial score (nSPS) is 9.32. The van der Waals surface area contributed by atoms with Crippen LogP contribution in [-0.2, 0) is 0 Å². The SMILES string of the molecule is COc1ccc(N)c(O)c1.Nc1ncc([N+](=O)[O-])s1. The van der Waals surface area contributed by atoms with E-state index in [0.717, 1.165) is 17.5 Å². The van der Waals surface area contributed by atoms with Gasteiger partial charge in [0.25, 0.3) is 0 Å². The molecule has 1 aromatic heterocycles. The molecule has 19 heavy (non-hydrogen) atoms. The summed E-state index contributed by atoms with van der Waals surface area (Å²) in [6, 6.07) is 4.75. The molecule has 0 aliphatic carbocycles. The van der Waals surface area contributed by atoms with Gasteiger partial charge < -0.3 is 21.3 Å². The summed E-state index contributed by atoms with van der Waals surface area (Å²) in [6.45, 7) is 0. The summed E-state index contributed by atoms with van der Waals surface area (Å²) in [5.74, 6) is 0.658. The maximum atomic E-state index is 9.93. The average molecular weight is 284 g/mol. The first-order valence-electron chi connectivity index (χ1n) is 4.92. The first-order chi connectivity index (χ1) is 8.93. The topological polar surface area (TPSA) is 138 Å². The third kappa shape index (κ3) is 4.32. The maximum Gasteiger partial charge on any atom is 0.345 e. The van der Waals surface area contributed by atoms with E-state index >= 15 is 0 Å². The largest absolute Gasteiger partial charge is 0.506 e. The molecule has 102 valence electrons. The summed E-state index contributed by atoms with van der Waals surface area (Å²) < 4.78 is 4.83. The zero-order chi connectivity index (χ0) is 14.4. The molecule has 1 aromatic carbocycles. The zero-order valence-electron chi connectivity index (χ0n) is 9.94. The Hall–Kier alpha value is -2.55. The summed E-state index contributed by atoms with van der Waals surface area (Å²) in [5.41, 5.74) is 10.8. The fraction of sp³-hybridized carbons (Fsp3) is 0.100. The van der Waals surface area contributed by atoms with Gasteiger partial charge in [-0.25, -0.2) is 4.98 Å². The first-order valence-corrected chi connectivity index (χ1v) is 5.74. The number of hydrogen-bond acceptors (Lipinski definition) is 8. The summed E-state index contributed by atoms with van der Waals surface area (Å²) in [4.78, 5) is 12.9. The molecule has 5 N–H and O–H groups in total. The van der Waals surface area contributed by atoms with E-state index in [1.807, 2.05) is 0 Å². The molecule has 0 spiro atoms. The second-order valence-electron chi connectivity index (χ2n) is 3.22. The molecule has 0 radical (unpaired) electrons. The number of ether oxygens (including phenoxy) is 1. The van der Waals surface area contributed by atoms with Crippen LogP contribution in [0.15, 0.2) is 24.4 Å². The van der Waals surface area contributed by atoms with Crippen molar-refractivity contribution in [3.8, 4) is 11.5 Å². The van der Waals surface area contributed by atoms with Crippen LogP contribution in [0.1, 0.15) is 0 Å². The number of aromatic nitrogens is 1. The van der Waals surface area contributed by atoms with E-state index in [1.54, 1.807) is 12.1 Å². The van der Waals surface area contributed by atoms with Crippen LogP contribution in [0.4, 0.5) is 15.8 Å². The van der Waals surface area contributed by atoms with E-state index < -0.39 is 4.92 Å². The quantitative estimate of drug-likeness (QED) is 0.329. The van der Waals surface area contributed by atoms with Gasteiger partial charge in [0.2, 0.25) is 0 Å². The average Bonchev–Trinajstić information content (AvgIpc) is 2.80. The number of nitro groups is 1. The fourth-order valence-corrected chi connectivity index (χ4v) is 1.51. The number of phenolic OH excluding ortho intramolecular Hbond substituents is 1. The number of aromatic hydroxyl groups is 1. The van der Waals surface area contributed by atoms with E-state index in [2.05, 4.69) is 4.98 Å². The lowest BCUT2D eigenvalue weighted by atomic mass is 10.3. The number of anilines is 2.